The van der Waals surface area contributed by atoms with Gasteiger partial charge in [0.2, 0.25) is 0 Å². The van der Waals surface area contributed by atoms with Crippen LogP contribution < -0.4 is 5.73 Å². The quantitative estimate of drug-likeness (QED) is 0.325. The van der Waals surface area contributed by atoms with Crippen LogP contribution >= 0.6 is 0 Å². The van der Waals surface area contributed by atoms with Gasteiger partial charge >= 0.3 is 5.97 Å². The first-order chi connectivity index (χ1) is 9.54. The van der Waals surface area contributed by atoms with Gasteiger partial charge in [-0.15, -0.1) is 0 Å². The zero-order valence-corrected chi connectivity index (χ0v) is 11.2. The molecular weight excluding hydrogens is 260 g/mol. The molecule has 1 aromatic rings. The van der Waals surface area contributed by atoms with Crippen LogP contribution in [0.5, 0.6) is 11.5 Å². The van der Waals surface area contributed by atoms with Gasteiger partial charge in [-0.1, -0.05) is 0 Å². The Labute approximate surface area is 117 Å². The van der Waals surface area contributed by atoms with Crippen LogP contribution in [0, 0.1) is 0 Å². The molecule has 0 aromatic heterocycles. The maximum Gasteiger partial charge on any atom is 0.328 e. The van der Waals surface area contributed by atoms with E-state index in [1.54, 1.807) is 0 Å². The second-order valence-corrected chi connectivity index (χ2v) is 4.49. The fraction of sp³-hybridized carbons (Fsp3) is 0.429. The number of aliphatic carboxylic acids is 1. The Morgan fingerprint density at radius 2 is 2.10 bits per heavy atom. The first kappa shape index (κ1) is 16.0. The van der Waals surface area contributed by atoms with E-state index >= 15 is 0 Å². The van der Waals surface area contributed by atoms with Crippen molar-refractivity contribution in [1.29, 1.82) is 0 Å². The molecule has 0 heterocycles. The molecule has 0 aliphatic heterocycles. The number of nitrogens with zero attached hydrogens (tertiary/aromatic N) is 1. The Morgan fingerprint density at radius 1 is 1.35 bits per heavy atom. The molecule has 0 aliphatic carbocycles. The molecule has 0 saturated heterocycles. The number of aliphatic imine (C=N–C) groups is 1. The van der Waals surface area contributed by atoms with Gasteiger partial charge in [0.15, 0.2) is 0 Å². The number of phenols is 2. The number of carbonyl (C=O) groups is 1. The monoisotopic (exact) mass is 280 g/mol. The molecule has 0 fully saturated rings. The van der Waals surface area contributed by atoms with Crippen molar-refractivity contribution in [3.63, 3.8) is 0 Å². The van der Waals surface area contributed by atoms with Crippen LogP contribution in [0.2, 0.25) is 0 Å². The largest absolute Gasteiger partial charge is 0.508 e. The van der Waals surface area contributed by atoms with Crippen LogP contribution in [0.4, 0.5) is 0 Å². The summed E-state index contributed by atoms with van der Waals surface area (Å²) in [6.45, 7) is 0.535. The lowest BCUT2D eigenvalue weighted by Gasteiger charge is -2.07. The molecule has 6 heteroatoms. The molecule has 0 bridgehead atoms. The zero-order chi connectivity index (χ0) is 15.0. The predicted octanol–water partition coefficient (Wildman–Crippen LogP) is 1.29. The molecule has 110 valence electrons. The summed E-state index contributed by atoms with van der Waals surface area (Å²) in [5, 5.41) is 27.9. The number of carboxylic acid groups (broad SMARTS) is 1. The van der Waals surface area contributed by atoms with Crippen molar-refractivity contribution in [2.45, 2.75) is 31.7 Å². The highest BCUT2D eigenvalue weighted by Gasteiger charge is 2.14. The van der Waals surface area contributed by atoms with Gasteiger partial charge < -0.3 is 21.1 Å². The van der Waals surface area contributed by atoms with Crippen molar-refractivity contribution in [3.05, 3.63) is 23.8 Å². The van der Waals surface area contributed by atoms with E-state index < -0.39 is 12.0 Å². The van der Waals surface area contributed by atoms with E-state index in [2.05, 4.69) is 4.99 Å². The summed E-state index contributed by atoms with van der Waals surface area (Å²) in [6.07, 6.45) is 3.64. The van der Waals surface area contributed by atoms with Gasteiger partial charge in [0.25, 0.3) is 0 Å². The fourth-order valence-corrected chi connectivity index (χ4v) is 1.76. The van der Waals surface area contributed by atoms with E-state index in [9.17, 15) is 15.0 Å². The summed E-state index contributed by atoms with van der Waals surface area (Å²) >= 11 is 0. The number of carboxylic acids is 1. The first-order valence-corrected chi connectivity index (χ1v) is 6.50. The van der Waals surface area contributed by atoms with Crippen LogP contribution in [0.3, 0.4) is 0 Å². The van der Waals surface area contributed by atoms with E-state index in [1.807, 2.05) is 0 Å². The number of hydrogen-bond acceptors (Lipinski definition) is 5. The average molecular weight is 280 g/mol. The van der Waals surface area contributed by atoms with Gasteiger partial charge in [0, 0.05) is 18.2 Å². The Kier molecular flexibility index (Phi) is 6.52. The highest BCUT2D eigenvalue weighted by atomic mass is 16.4. The molecule has 0 aliphatic rings. The van der Waals surface area contributed by atoms with Crippen molar-refractivity contribution in [1.82, 2.24) is 0 Å². The van der Waals surface area contributed by atoms with Crippen molar-refractivity contribution in [2.75, 3.05) is 6.54 Å². The van der Waals surface area contributed by atoms with Crippen LogP contribution in [0.25, 0.3) is 0 Å². The molecule has 6 nitrogen and oxygen atoms in total. The lowest BCUT2D eigenvalue weighted by Crippen LogP contribution is -2.18. The lowest BCUT2D eigenvalue weighted by molar-refractivity contribution is -0.138. The smallest absolute Gasteiger partial charge is 0.328 e. The summed E-state index contributed by atoms with van der Waals surface area (Å²) < 4.78 is 0. The van der Waals surface area contributed by atoms with Gasteiger partial charge in [0.1, 0.15) is 17.5 Å². The maximum atomic E-state index is 11.0. The van der Waals surface area contributed by atoms with Gasteiger partial charge in [-0.2, -0.15) is 0 Å². The Balaban J connectivity index is 2.59. The minimum atomic E-state index is -0.974. The molecule has 0 amide bonds. The number of hydrogen-bond donors (Lipinski definition) is 4. The van der Waals surface area contributed by atoms with Crippen molar-refractivity contribution < 1.29 is 20.1 Å². The Bertz CT molecular complexity index is 474. The number of unbranched alkanes of at least 4 members (excludes halogenated alkanes) is 1. The summed E-state index contributed by atoms with van der Waals surface area (Å²) in [7, 11) is 0. The Hall–Kier alpha value is -2.08. The molecule has 0 unspecified atom stereocenters. The van der Waals surface area contributed by atoms with Gasteiger partial charge in [0.05, 0.1) is 0 Å². The fourth-order valence-electron chi connectivity index (χ4n) is 1.76. The van der Waals surface area contributed by atoms with Crippen LogP contribution in [0.1, 0.15) is 24.8 Å². The van der Waals surface area contributed by atoms with Crippen LogP contribution in [-0.2, 0) is 11.2 Å². The predicted molar refractivity (Wildman–Crippen MR) is 76.3 cm³/mol. The topological polar surface area (TPSA) is 116 Å². The van der Waals surface area contributed by atoms with Crippen molar-refractivity contribution >= 4 is 12.2 Å². The lowest BCUT2D eigenvalue weighted by atomic mass is 10.1. The minimum Gasteiger partial charge on any atom is -0.508 e. The third kappa shape index (κ3) is 5.27. The van der Waals surface area contributed by atoms with E-state index in [0.717, 1.165) is 6.42 Å². The van der Waals surface area contributed by atoms with E-state index in [0.29, 0.717) is 24.9 Å². The highest BCUT2D eigenvalue weighted by Crippen LogP contribution is 2.21. The molecule has 1 aromatic carbocycles. The zero-order valence-electron chi connectivity index (χ0n) is 11.2. The number of phenolic OH excluding ortho intramolecular Hbond substituents is 2. The van der Waals surface area contributed by atoms with E-state index in [-0.39, 0.29) is 17.9 Å². The Morgan fingerprint density at radius 3 is 2.75 bits per heavy atom. The normalized spacial score (nSPS) is 12.7. The van der Waals surface area contributed by atoms with Crippen LogP contribution in [0.15, 0.2) is 23.2 Å². The van der Waals surface area contributed by atoms with Gasteiger partial charge in [-0.05, 0) is 44.0 Å². The number of aromatic hydroxyl groups is 2. The molecule has 0 spiro atoms. The third-order valence-corrected chi connectivity index (χ3v) is 2.88. The van der Waals surface area contributed by atoms with Crippen LogP contribution in [-0.4, -0.2) is 40.1 Å². The minimum absolute atomic E-state index is 0.0453. The van der Waals surface area contributed by atoms with Crippen molar-refractivity contribution in [2.24, 2.45) is 10.7 Å². The third-order valence-electron chi connectivity index (χ3n) is 2.88. The van der Waals surface area contributed by atoms with E-state index in [1.165, 1.54) is 24.4 Å². The molecule has 0 saturated carbocycles. The number of benzene rings is 1. The SMILES string of the molecule is NCCCC[C@H](N=CCc1cc(O)ccc1O)C(=O)O. The standard InChI is InChI=1S/C14H20N2O4/c15-7-2-1-3-12(14(19)20)16-8-6-10-9-11(17)4-5-13(10)18/h4-5,8-9,12,17-18H,1-3,6-7,15H2,(H,19,20)/t12-/m0/s1. The second kappa shape index (κ2) is 8.16. The molecule has 1 atom stereocenters. The highest BCUT2D eigenvalue weighted by molar-refractivity contribution is 5.76. The van der Waals surface area contributed by atoms with E-state index in [4.69, 9.17) is 10.8 Å². The molecule has 20 heavy (non-hydrogen) atoms. The number of nitrogens with two attached hydrogens (primary N) is 1. The average Bonchev–Trinajstić information content (AvgIpc) is 2.40. The summed E-state index contributed by atoms with van der Waals surface area (Å²) in [6, 6.07) is 3.39. The summed E-state index contributed by atoms with van der Waals surface area (Å²) in [5.74, 6) is -0.883. The summed E-state index contributed by atoms with van der Waals surface area (Å²) in [5.41, 5.74) is 5.86. The van der Waals surface area contributed by atoms with Gasteiger partial charge in [-0.25, -0.2) is 4.79 Å². The molecule has 0 radical (unpaired) electrons. The van der Waals surface area contributed by atoms with Crippen molar-refractivity contribution in [3.8, 4) is 11.5 Å². The summed E-state index contributed by atoms with van der Waals surface area (Å²) in [4.78, 5) is 15.0. The number of rotatable bonds is 8. The first-order valence-electron chi connectivity index (χ1n) is 6.50. The molecule has 5 N–H and O–H groups in total. The second-order valence-electron chi connectivity index (χ2n) is 4.49. The molecular formula is C14H20N2O4. The molecule has 1 rings (SSSR count). The van der Waals surface area contributed by atoms with Gasteiger partial charge in [-0.3, -0.25) is 4.99 Å². The maximum absolute atomic E-state index is 11.0.